The highest BCUT2D eigenvalue weighted by Gasteiger charge is 2.16. The van der Waals surface area contributed by atoms with E-state index in [2.05, 4.69) is 20.9 Å². The van der Waals surface area contributed by atoms with Crippen LogP contribution in [-0.2, 0) is 11.3 Å². The lowest BCUT2D eigenvalue weighted by molar-refractivity contribution is 0.101. The number of rotatable bonds is 4. The molecule has 1 atom stereocenters. The Balaban J connectivity index is 2.65. The molecule has 1 aromatic heterocycles. The van der Waals surface area contributed by atoms with Crippen molar-refractivity contribution in [2.45, 2.75) is 19.6 Å². The molecule has 21 heavy (non-hydrogen) atoms. The average Bonchev–Trinajstić information content (AvgIpc) is 2.43. The molecule has 0 bridgehead atoms. The van der Waals surface area contributed by atoms with Crippen LogP contribution in [0.5, 0.6) is 0 Å². The number of hydrogen-bond donors (Lipinski definition) is 1. The maximum atomic E-state index is 12.6. The van der Waals surface area contributed by atoms with Crippen LogP contribution >= 0.6 is 27.5 Å². The van der Waals surface area contributed by atoms with E-state index in [4.69, 9.17) is 16.3 Å². The van der Waals surface area contributed by atoms with E-state index in [1.165, 1.54) is 7.11 Å². The number of halogens is 2. The van der Waals surface area contributed by atoms with E-state index < -0.39 is 11.2 Å². The number of nitrogens with one attached hydrogen (secondary N) is 1. The highest BCUT2D eigenvalue weighted by atomic mass is 79.9. The zero-order valence-electron chi connectivity index (χ0n) is 11.5. The molecule has 0 fully saturated rings. The van der Waals surface area contributed by atoms with Crippen molar-refractivity contribution in [3.05, 3.63) is 54.7 Å². The molecule has 0 aliphatic carbocycles. The number of nitrogens with zero attached hydrogens (tertiary/aromatic N) is 1. The molecule has 2 aromatic rings. The minimum Gasteiger partial charge on any atom is -0.380 e. The number of aromatic amines is 1. The number of hydrogen-bond acceptors (Lipinski definition) is 3. The molecule has 0 radical (unpaired) electrons. The van der Waals surface area contributed by atoms with E-state index in [-0.39, 0.29) is 23.4 Å². The lowest BCUT2D eigenvalue weighted by Gasteiger charge is -2.13. The van der Waals surface area contributed by atoms with Gasteiger partial charge in [0.05, 0.1) is 18.2 Å². The van der Waals surface area contributed by atoms with E-state index in [0.717, 1.165) is 9.04 Å². The molecule has 1 unspecified atom stereocenters. The van der Waals surface area contributed by atoms with Gasteiger partial charge in [-0.1, -0.05) is 39.7 Å². The number of benzene rings is 1. The summed E-state index contributed by atoms with van der Waals surface area (Å²) < 4.78 is 7.02. The smallest absolute Gasteiger partial charge is 0.329 e. The van der Waals surface area contributed by atoms with Crippen LogP contribution in [0.3, 0.4) is 0 Å². The van der Waals surface area contributed by atoms with E-state index in [9.17, 15) is 9.59 Å². The Labute approximate surface area is 134 Å². The molecule has 7 heteroatoms. The third-order valence-corrected chi connectivity index (χ3v) is 3.87. The van der Waals surface area contributed by atoms with Crippen LogP contribution in [0.2, 0.25) is 5.15 Å². The Morgan fingerprint density at radius 1 is 1.43 bits per heavy atom. The van der Waals surface area contributed by atoms with Crippen LogP contribution in [-0.4, -0.2) is 22.8 Å². The van der Waals surface area contributed by atoms with Gasteiger partial charge >= 0.3 is 5.69 Å². The van der Waals surface area contributed by atoms with Gasteiger partial charge in [-0.05, 0) is 24.6 Å². The largest absolute Gasteiger partial charge is 0.380 e. The van der Waals surface area contributed by atoms with Crippen molar-refractivity contribution < 1.29 is 4.74 Å². The summed E-state index contributed by atoms with van der Waals surface area (Å²) in [5, 5.41) is 0.0319. The molecule has 2 rings (SSSR count). The van der Waals surface area contributed by atoms with Gasteiger partial charge in [0, 0.05) is 11.6 Å². The Kier molecular flexibility index (Phi) is 5.03. The first-order valence-corrected chi connectivity index (χ1v) is 7.42. The third-order valence-electron chi connectivity index (χ3n) is 3.10. The SMILES string of the molecule is COC(C)Cn1c(=O)[nH]c(Cl)c(-c2cccc(Br)c2)c1=O. The second-order valence-electron chi connectivity index (χ2n) is 4.59. The fraction of sp³-hybridized carbons (Fsp3) is 0.286. The summed E-state index contributed by atoms with van der Waals surface area (Å²) in [6.45, 7) is 1.93. The van der Waals surface area contributed by atoms with Crippen LogP contribution in [0.4, 0.5) is 0 Å². The summed E-state index contributed by atoms with van der Waals surface area (Å²) in [5.74, 6) is 0. The molecule has 5 nitrogen and oxygen atoms in total. The van der Waals surface area contributed by atoms with Gasteiger partial charge in [0.25, 0.3) is 5.56 Å². The fourth-order valence-corrected chi connectivity index (χ4v) is 2.61. The normalized spacial score (nSPS) is 12.4. The fourth-order valence-electron chi connectivity index (χ4n) is 1.94. The Morgan fingerprint density at radius 2 is 2.14 bits per heavy atom. The summed E-state index contributed by atoms with van der Waals surface area (Å²) in [5.41, 5.74) is -0.0892. The lowest BCUT2D eigenvalue weighted by Crippen LogP contribution is -2.39. The maximum absolute atomic E-state index is 12.6. The van der Waals surface area contributed by atoms with Crippen molar-refractivity contribution in [3.63, 3.8) is 0 Å². The van der Waals surface area contributed by atoms with Crippen molar-refractivity contribution in [2.75, 3.05) is 7.11 Å². The first-order valence-electron chi connectivity index (χ1n) is 6.25. The molecule has 0 spiro atoms. The van der Waals surface area contributed by atoms with Gasteiger partial charge in [0.1, 0.15) is 5.15 Å². The van der Waals surface area contributed by atoms with Gasteiger partial charge < -0.3 is 4.74 Å². The zero-order chi connectivity index (χ0) is 15.6. The van der Waals surface area contributed by atoms with E-state index in [1.807, 2.05) is 6.07 Å². The summed E-state index contributed by atoms with van der Waals surface area (Å²) in [6.07, 6.45) is -0.264. The van der Waals surface area contributed by atoms with Crippen molar-refractivity contribution in [3.8, 4) is 11.1 Å². The first-order chi connectivity index (χ1) is 9.93. The Bertz CT molecular complexity index is 770. The Hall–Kier alpha value is -1.37. The summed E-state index contributed by atoms with van der Waals surface area (Å²) in [7, 11) is 1.52. The van der Waals surface area contributed by atoms with Crippen molar-refractivity contribution in [1.29, 1.82) is 0 Å². The quantitative estimate of drug-likeness (QED) is 0.838. The molecule has 112 valence electrons. The van der Waals surface area contributed by atoms with Gasteiger partial charge in [-0.25, -0.2) is 4.79 Å². The molecule has 0 saturated heterocycles. The number of ether oxygens (including phenoxy) is 1. The molecule has 1 heterocycles. The number of methoxy groups -OCH3 is 1. The molecular weight excluding hydrogens is 360 g/mol. The van der Waals surface area contributed by atoms with Crippen molar-refractivity contribution in [2.24, 2.45) is 0 Å². The second-order valence-corrected chi connectivity index (χ2v) is 5.89. The lowest BCUT2D eigenvalue weighted by atomic mass is 10.1. The standard InChI is InChI=1S/C14H14BrClN2O3/c1-8(21-2)7-18-13(19)11(12(16)17-14(18)20)9-4-3-5-10(15)6-9/h3-6,8H,7H2,1-2H3,(H,17,20). The molecule has 1 aromatic carbocycles. The van der Waals surface area contributed by atoms with Crippen LogP contribution < -0.4 is 11.2 Å². The van der Waals surface area contributed by atoms with Crippen molar-refractivity contribution >= 4 is 27.5 Å². The van der Waals surface area contributed by atoms with Crippen LogP contribution in [0.25, 0.3) is 11.1 Å². The minimum atomic E-state index is -0.548. The van der Waals surface area contributed by atoms with Gasteiger partial charge in [-0.2, -0.15) is 0 Å². The highest BCUT2D eigenvalue weighted by molar-refractivity contribution is 9.10. The average molecular weight is 374 g/mol. The predicted molar refractivity (Wildman–Crippen MR) is 85.9 cm³/mol. The maximum Gasteiger partial charge on any atom is 0.329 e. The first kappa shape index (κ1) is 16.0. The summed E-state index contributed by atoms with van der Waals surface area (Å²) in [6, 6.07) is 7.16. The number of H-pyrrole nitrogens is 1. The highest BCUT2D eigenvalue weighted by Crippen LogP contribution is 2.24. The monoisotopic (exact) mass is 372 g/mol. The van der Waals surface area contributed by atoms with Gasteiger partial charge in [0.15, 0.2) is 0 Å². The van der Waals surface area contributed by atoms with E-state index >= 15 is 0 Å². The number of aromatic nitrogens is 2. The van der Waals surface area contributed by atoms with Crippen molar-refractivity contribution in [1.82, 2.24) is 9.55 Å². The third kappa shape index (κ3) is 3.45. The van der Waals surface area contributed by atoms with Gasteiger partial charge in [0.2, 0.25) is 0 Å². The molecule has 0 saturated carbocycles. The molecule has 0 amide bonds. The van der Waals surface area contributed by atoms with E-state index in [0.29, 0.717) is 5.56 Å². The summed E-state index contributed by atoms with van der Waals surface area (Å²) in [4.78, 5) is 27.0. The molecular formula is C14H14BrClN2O3. The van der Waals surface area contributed by atoms with Gasteiger partial charge in [-0.3, -0.25) is 14.3 Å². The zero-order valence-corrected chi connectivity index (χ0v) is 13.9. The van der Waals surface area contributed by atoms with E-state index in [1.54, 1.807) is 25.1 Å². The molecule has 0 aliphatic rings. The second kappa shape index (κ2) is 6.60. The summed E-state index contributed by atoms with van der Waals surface area (Å²) >= 11 is 9.40. The minimum absolute atomic E-state index is 0.0319. The van der Waals surface area contributed by atoms with Crippen LogP contribution in [0.15, 0.2) is 38.3 Å². The van der Waals surface area contributed by atoms with Crippen LogP contribution in [0, 0.1) is 0 Å². The molecule has 1 N–H and O–H groups in total. The Morgan fingerprint density at radius 3 is 2.76 bits per heavy atom. The topological polar surface area (TPSA) is 64.1 Å². The van der Waals surface area contributed by atoms with Crippen LogP contribution in [0.1, 0.15) is 6.92 Å². The predicted octanol–water partition coefficient (Wildman–Crippen LogP) is 2.65. The van der Waals surface area contributed by atoms with Gasteiger partial charge in [-0.15, -0.1) is 0 Å². The molecule has 0 aliphatic heterocycles.